The number of imide groups is 2. The molecular formula is C6H8ClN2Na3O5. The van der Waals surface area contributed by atoms with Crippen LogP contribution in [0.2, 0.25) is 0 Å². The van der Waals surface area contributed by atoms with Crippen molar-refractivity contribution in [3.8, 4) is 0 Å². The van der Waals surface area contributed by atoms with Gasteiger partial charge in [0.15, 0.2) is 0 Å². The van der Waals surface area contributed by atoms with Gasteiger partial charge in [-0.3, -0.25) is 4.79 Å². The number of hydrogen-bond donors (Lipinski definition) is 1. The average Bonchev–Trinajstić information content (AvgIpc) is 1.80. The maximum absolute atomic E-state index is 10.2. The van der Waals surface area contributed by atoms with Crippen LogP contribution in [0.25, 0.3) is 10.6 Å². The monoisotopic (exact) mass is 292 g/mol. The minimum absolute atomic E-state index is 0. The van der Waals surface area contributed by atoms with E-state index in [1.807, 2.05) is 0 Å². The molecule has 0 saturated carbocycles. The fourth-order valence-electron chi connectivity index (χ4n) is 0.447. The summed E-state index contributed by atoms with van der Waals surface area (Å²) in [5.41, 5.74) is 0. The molecule has 7 nitrogen and oxygen atoms in total. The molecule has 0 spiro atoms. The molecule has 1 aliphatic heterocycles. The van der Waals surface area contributed by atoms with Crippen molar-refractivity contribution >= 4 is 65.8 Å². The van der Waals surface area contributed by atoms with E-state index in [4.69, 9.17) is 9.90 Å². The zero-order valence-corrected chi connectivity index (χ0v) is 13.9. The molecule has 0 aromatic heterocycles. The van der Waals surface area contributed by atoms with Crippen molar-refractivity contribution in [1.29, 1.82) is 0 Å². The van der Waals surface area contributed by atoms with E-state index in [2.05, 4.69) is 10.6 Å². The van der Waals surface area contributed by atoms with E-state index in [0.717, 1.165) is 6.92 Å². The van der Waals surface area contributed by atoms with Gasteiger partial charge in [-0.05, 0) is 6.03 Å². The number of carboxylic acids is 1. The van der Waals surface area contributed by atoms with Crippen molar-refractivity contribution in [2.24, 2.45) is 0 Å². The second-order valence-corrected chi connectivity index (χ2v) is 1.99. The summed E-state index contributed by atoms with van der Waals surface area (Å²) in [6.07, 6.45) is -0.369. The number of carboxylic acid groups (broad SMARTS) is 1. The summed E-state index contributed by atoms with van der Waals surface area (Å²) in [6, 6.07) is -0.990. The average molecular weight is 293 g/mol. The van der Waals surface area contributed by atoms with Gasteiger partial charge in [-0.15, -0.1) is 12.4 Å². The summed E-state index contributed by atoms with van der Waals surface area (Å²) in [7, 11) is 0. The van der Waals surface area contributed by atoms with Gasteiger partial charge in [-0.25, -0.2) is 0 Å². The zero-order chi connectivity index (χ0) is 10.4. The molecule has 82 valence electrons. The van der Waals surface area contributed by atoms with Gasteiger partial charge in [0.2, 0.25) is 0 Å². The number of nitrogens with zero attached hydrogens (tertiary/aromatic N) is 2. The predicted molar refractivity (Wildman–Crippen MR) is 54.5 cm³/mol. The van der Waals surface area contributed by atoms with Crippen LogP contribution in [0.1, 0.15) is 13.3 Å². The third kappa shape index (κ3) is 23.0. The molecule has 1 heterocycles. The van der Waals surface area contributed by atoms with Gasteiger partial charge in [0.05, 0.1) is 11.8 Å². The first-order valence-corrected chi connectivity index (χ1v) is 3.14. The first-order valence-electron chi connectivity index (χ1n) is 3.14. The number of carbonyl (C=O) groups excluding carboxylic acids is 3. The molecule has 0 atom stereocenters. The Balaban J connectivity index is -0.0000000542. The van der Waals surface area contributed by atoms with Crippen molar-refractivity contribution in [2.75, 3.05) is 0 Å². The molecule has 0 aromatic carbocycles. The van der Waals surface area contributed by atoms with Crippen molar-refractivity contribution < 1.29 is 83.4 Å². The summed E-state index contributed by atoms with van der Waals surface area (Å²) in [6.45, 7) is 1.08. The van der Waals surface area contributed by atoms with Crippen molar-refractivity contribution in [1.82, 2.24) is 0 Å². The topological polar surface area (TPSA) is 117 Å². The van der Waals surface area contributed by atoms with E-state index in [9.17, 15) is 14.4 Å². The van der Waals surface area contributed by atoms with Crippen LogP contribution in [0.3, 0.4) is 0 Å². The molecule has 1 aliphatic rings. The second-order valence-electron chi connectivity index (χ2n) is 1.99. The molecule has 1 N–H and O–H groups in total. The Labute approximate surface area is 170 Å². The van der Waals surface area contributed by atoms with Gasteiger partial charge in [0.1, 0.15) is 0 Å². The van der Waals surface area contributed by atoms with Crippen molar-refractivity contribution in [2.45, 2.75) is 13.3 Å². The van der Waals surface area contributed by atoms with E-state index < -0.39 is 23.8 Å². The maximum atomic E-state index is 10.2. The molecule has 0 bridgehead atoms. The fraction of sp³-hybridized carbons (Fsp3) is 0.333. The molecule has 0 aromatic rings. The van der Waals surface area contributed by atoms with Gasteiger partial charge in [0, 0.05) is 13.3 Å². The molecule has 1 rings (SSSR count). The van der Waals surface area contributed by atoms with E-state index in [1.165, 1.54) is 0 Å². The Bertz CT molecular complexity index is 227. The Morgan fingerprint density at radius 2 is 1.35 bits per heavy atom. The summed E-state index contributed by atoms with van der Waals surface area (Å²) in [4.78, 5) is 39.5. The van der Waals surface area contributed by atoms with Crippen LogP contribution in [-0.2, 0) is 14.4 Å². The SMILES string of the molecule is CC(=O)O.Cl.O=C1CC(=O)[N-]C(=O)[N-]1.[Na+].[Na+].[NaH]. The van der Waals surface area contributed by atoms with Gasteiger partial charge in [0.25, 0.3) is 5.97 Å². The van der Waals surface area contributed by atoms with Crippen LogP contribution in [0, 0.1) is 0 Å². The normalized spacial score (nSPS) is 11.5. The Morgan fingerprint density at radius 1 is 1.12 bits per heavy atom. The van der Waals surface area contributed by atoms with Crippen LogP contribution in [0.5, 0.6) is 0 Å². The Morgan fingerprint density at radius 3 is 1.53 bits per heavy atom. The Kier molecular flexibility index (Phi) is 31.7. The number of barbiturate groups is 1. The molecular weight excluding hydrogens is 284 g/mol. The minimum atomic E-state index is -0.990. The van der Waals surface area contributed by atoms with Gasteiger partial charge in [-0.1, -0.05) is 0 Å². The summed E-state index contributed by atoms with van der Waals surface area (Å²) < 4.78 is 0. The van der Waals surface area contributed by atoms with Crippen LogP contribution in [0.15, 0.2) is 0 Å². The third-order valence-electron chi connectivity index (χ3n) is 0.743. The number of carbonyl (C=O) groups is 4. The number of urea groups is 1. The number of aliphatic carboxylic acids is 1. The van der Waals surface area contributed by atoms with Gasteiger partial charge < -0.3 is 30.1 Å². The summed E-state index contributed by atoms with van der Waals surface area (Å²) in [5.74, 6) is -2.25. The third-order valence-corrected chi connectivity index (χ3v) is 0.743. The van der Waals surface area contributed by atoms with E-state index in [1.54, 1.807) is 0 Å². The molecule has 0 aliphatic carbocycles. The first kappa shape index (κ1) is 31.0. The molecule has 17 heavy (non-hydrogen) atoms. The number of hydrogen-bond acceptors (Lipinski definition) is 4. The summed E-state index contributed by atoms with van der Waals surface area (Å²) >= 11 is 0. The van der Waals surface area contributed by atoms with Crippen LogP contribution in [0.4, 0.5) is 4.79 Å². The van der Waals surface area contributed by atoms with E-state index >= 15 is 0 Å². The molecule has 0 radical (unpaired) electrons. The number of rotatable bonds is 0. The second kappa shape index (κ2) is 17.4. The first-order chi connectivity index (χ1) is 5.91. The van der Waals surface area contributed by atoms with Gasteiger partial charge >= 0.3 is 88.7 Å². The zero-order valence-electron chi connectivity index (χ0n) is 9.09. The van der Waals surface area contributed by atoms with Crippen LogP contribution in [-0.4, -0.2) is 58.5 Å². The number of amides is 4. The molecule has 0 unspecified atom stereocenters. The molecule has 4 amide bonds. The van der Waals surface area contributed by atoms with Crippen LogP contribution < -0.4 is 59.1 Å². The standard InChI is InChI=1S/C4H4N2O3.C2H4O2.ClH.3Na.H/c7-2-1-3(8)6-4(9)5-2;1-2(3)4;;;;;/h1H2,(H2,5,6,7,8,9);1H3,(H,3,4);1H;;;;/q;;;;2*+1;/p-2. The quantitative estimate of drug-likeness (QED) is 0.352. The van der Waals surface area contributed by atoms with Crippen LogP contribution >= 0.6 is 12.4 Å². The van der Waals surface area contributed by atoms with Crippen molar-refractivity contribution in [3.05, 3.63) is 10.6 Å². The Hall–Kier alpha value is 1.37. The predicted octanol–water partition coefficient (Wildman–Crippen LogP) is -5.82. The molecule has 11 heteroatoms. The van der Waals surface area contributed by atoms with E-state index in [-0.39, 0.29) is 107 Å². The van der Waals surface area contributed by atoms with E-state index in [0.29, 0.717) is 0 Å². The fourth-order valence-corrected chi connectivity index (χ4v) is 0.447. The molecule has 1 saturated heterocycles. The van der Waals surface area contributed by atoms with Crippen molar-refractivity contribution in [3.63, 3.8) is 0 Å². The number of halogens is 1. The van der Waals surface area contributed by atoms with Gasteiger partial charge in [-0.2, -0.15) is 0 Å². The summed E-state index contributed by atoms with van der Waals surface area (Å²) in [5, 5.41) is 13.2. The molecule has 1 fully saturated rings.